The van der Waals surface area contributed by atoms with Crippen LogP contribution in [0.2, 0.25) is 5.02 Å². The van der Waals surface area contributed by atoms with Crippen LogP contribution in [0, 0.1) is 5.92 Å². The molecule has 0 radical (unpaired) electrons. The third-order valence-electron chi connectivity index (χ3n) is 4.14. The number of nitrogens with one attached hydrogen (secondary N) is 1. The van der Waals surface area contributed by atoms with Gasteiger partial charge in [0.2, 0.25) is 0 Å². The first kappa shape index (κ1) is 12.3. The van der Waals surface area contributed by atoms with E-state index >= 15 is 0 Å². The minimum atomic E-state index is 0.0765. The summed E-state index contributed by atoms with van der Waals surface area (Å²) in [6.45, 7) is 5.42. The lowest BCUT2D eigenvalue weighted by molar-refractivity contribution is -0.0688. The number of benzene rings is 1. The van der Waals surface area contributed by atoms with Gasteiger partial charge in [0.1, 0.15) is 11.4 Å². The smallest absolute Gasteiger partial charge is 0.125 e. The lowest BCUT2D eigenvalue weighted by Crippen LogP contribution is -2.52. The van der Waals surface area contributed by atoms with Gasteiger partial charge in [-0.3, -0.25) is 0 Å². The van der Waals surface area contributed by atoms with Crippen molar-refractivity contribution in [2.24, 2.45) is 5.92 Å². The number of hydrogen-bond acceptors (Lipinski definition) is 2. The van der Waals surface area contributed by atoms with Crippen LogP contribution in [0.1, 0.15) is 44.7 Å². The minimum absolute atomic E-state index is 0.0765. The van der Waals surface area contributed by atoms with Gasteiger partial charge in [-0.25, -0.2) is 0 Å². The van der Waals surface area contributed by atoms with Crippen molar-refractivity contribution < 1.29 is 4.74 Å². The summed E-state index contributed by atoms with van der Waals surface area (Å²) < 4.78 is 6.26. The summed E-state index contributed by atoms with van der Waals surface area (Å²) in [6, 6.07) is 6.36. The van der Waals surface area contributed by atoms with E-state index in [1.54, 1.807) is 0 Å². The molecule has 1 aromatic rings. The summed E-state index contributed by atoms with van der Waals surface area (Å²) in [4.78, 5) is 0. The van der Waals surface area contributed by atoms with Crippen molar-refractivity contribution in [1.82, 2.24) is 5.32 Å². The summed E-state index contributed by atoms with van der Waals surface area (Å²) in [5.41, 5.74) is 1.29. The second-order valence-corrected chi connectivity index (χ2v) is 6.23. The first-order valence-corrected chi connectivity index (χ1v) is 7.21. The molecule has 3 heteroatoms. The fourth-order valence-electron chi connectivity index (χ4n) is 3.53. The molecule has 98 valence electrons. The highest BCUT2D eigenvalue weighted by atomic mass is 35.5. The zero-order chi connectivity index (χ0) is 12.8. The average Bonchev–Trinajstić information content (AvgIpc) is 2.29. The van der Waals surface area contributed by atoms with Crippen LogP contribution in [0.3, 0.4) is 0 Å². The highest BCUT2D eigenvalue weighted by molar-refractivity contribution is 6.30. The standard InChI is InChI=1S/C15H20ClNO/c1-3-17-13-9-15(7-10(2)8-15)18-14-5-4-11(16)6-12(13)14/h4-6,10,13,17H,3,7-9H2,1-2H3. The Hall–Kier alpha value is -0.730. The Morgan fingerprint density at radius 1 is 1.39 bits per heavy atom. The van der Waals surface area contributed by atoms with Gasteiger partial charge in [-0.15, -0.1) is 0 Å². The Balaban J connectivity index is 1.93. The van der Waals surface area contributed by atoms with Crippen LogP contribution in [-0.4, -0.2) is 12.1 Å². The molecule has 1 heterocycles. The van der Waals surface area contributed by atoms with Crippen molar-refractivity contribution in [3.63, 3.8) is 0 Å². The van der Waals surface area contributed by atoms with Gasteiger partial charge >= 0.3 is 0 Å². The van der Waals surface area contributed by atoms with Crippen molar-refractivity contribution in [2.75, 3.05) is 6.54 Å². The van der Waals surface area contributed by atoms with Crippen LogP contribution < -0.4 is 10.1 Å². The molecule has 1 atom stereocenters. The number of fused-ring (bicyclic) bond motifs is 1. The Kier molecular flexibility index (Phi) is 3.03. The maximum absolute atomic E-state index is 6.26. The second kappa shape index (κ2) is 4.43. The quantitative estimate of drug-likeness (QED) is 0.875. The molecule has 18 heavy (non-hydrogen) atoms. The predicted molar refractivity (Wildman–Crippen MR) is 74.2 cm³/mol. The van der Waals surface area contributed by atoms with Crippen LogP contribution in [0.4, 0.5) is 0 Å². The van der Waals surface area contributed by atoms with Crippen molar-refractivity contribution in [1.29, 1.82) is 0 Å². The van der Waals surface area contributed by atoms with E-state index in [2.05, 4.69) is 19.2 Å². The van der Waals surface area contributed by atoms with Crippen LogP contribution in [0.15, 0.2) is 18.2 Å². The molecule has 1 unspecified atom stereocenters. The van der Waals surface area contributed by atoms with E-state index in [9.17, 15) is 0 Å². The van der Waals surface area contributed by atoms with E-state index in [4.69, 9.17) is 16.3 Å². The Morgan fingerprint density at radius 2 is 2.17 bits per heavy atom. The summed E-state index contributed by atoms with van der Waals surface area (Å²) in [5, 5.41) is 4.36. The Labute approximate surface area is 114 Å². The fraction of sp³-hybridized carbons (Fsp3) is 0.600. The Morgan fingerprint density at radius 3 is 2.83 bits per heavy atom. The first-order valence-electron chi connectivity index (χ1n) is 6.84. The van der Waals surface area contributed by atoms with E-state index in [0.29, 0.717) is 6.04 Å². The topological polar surface area (TPSA) is 21.3 Å². The van der Waals surface area contributed by atoms with E-state index in [1.165, 1.54) is 18.4 Å². The number of hydrogen-bond donors (Lipinski definition) is 1. The lowest BCUT2D eigenvalue weighted by atomic mass is 9.67. The summed E-state index contributed by atoms with van der Waals surface area (Å²) >= 11 is 6.10. The largest absolute Gasteiger partial charge is 0.487 e. The summed E-state index contributed by atoms with van der Waals surface area (Å²) in [6.07, 6.45) is 3.42. The van der Waals surface area contributed by atoms with Gasteiger partial charge in [-0.05, 0) is 43.5 Å². The first-order chi connectivity index (χ1) is 8.62. The molecule has 1 aliphatic carbocycles. The van der Waals surface area contributed by atoms with E-state index < -0.39 is 0 Å². The number of halogens is 1. The third-order valence-corrected chi connectivity index (χ3v) is 4.38. The average molecular weight is 266 g/mol. The van der Waals surface area contributed by atoms with E-state index in [1.807, 2.05) is 18.2 Å². The zero-order valence-corrected chi connectivity index (χ0v) is 11.8. The maximum Gasteiger partial charge on any atom is 0.125 e. The predicted octanol–water partition coefficient (Wildman–Crippen LogP) is 3.94. The molecule has 0 amide bonds. The van der Waals surface area contributed by atoms with Gasteiger partial charge < -0.3 is 10.1 Å². The Bertz CT molecular complexity index is 454. The number of rotatable bonds is 2. The molecule has 0 bridgehead atoms. The molecule has 1 fully saturated rings. The molecular formula is C15H20ClNO. The third kappa shape index (κ3) is 2.02. The van der Waals surface area contributed by atoms with Gasteiger partial charge in [-0.1, -0.05) is 25.4 Å². The molecule has 1 aromatic carbocycles. The highest BCUT2D eigenvalue weighted by Gasteiger charge is 2.48. The molecular weight excluding hydrogens is 246 g/mol. The normalized spacial score (nSPS) is 33.7. The van der Waals surface area contributed by atoms with Crippen molar-refractivity contribution >= 4 is 11.6 Å². The molecule has 2 aliphatic rings. The molecule has 1 N–H and O–H groups in total. The van der Waals surface area contributed by atoms with E-state index in [-0.39, 0.29) is 5.60 Å². The van der Waals surface area contributed by atoms with Gasteiger partial charge in [0.25, 0.3) is 0 Å². The number of ether oxygens (including phenoxy) is 1. The van der Waals surface area contributed by atoms with Crippen LogP contribution in [0.25, 0.3) is 0 Å². The molecule has 2 nitrogen and oxygen atoms in total. The molecule has 1 aliphatic heterocycles. The molecule has 1 spiro atoms. The zero-order valence-electron chi connectivity index (χ0n) is 11.0. The maximum atomic E-state index is 6.26. The van der Waals surface area contributed by atoms with Crippen LogP contribution >= 0.6 is 11.6 Å². The van der Waals surface area contributed by atoms with Crippen molar-refractivity contribution in [3.05, 3.63) is 28.8 Å². The molecule has 3 rings (SSSR count). The van der Waals surface area contributed by atoms with Gasteiger partial charge in [-0.2, -0.15) is 0 Å². The molecule has 1 saturated carbocycles. The lowest BCUT2D eigenvalue weighted by Gasteiger charge is -2.51. The van der Waals surface area contributed by atoms with Gasteiger partial charge in [0.05, 0.1) is 0 Å². The van der Waals surface area contributed by atoms with Gasteiger partial charge in [0, 0.05) is 23.0 Å². The minimum Gasteiger partial charge on any atom is -0.487 e. The van der Waals surface area contributed by atoms with Crippen molar-refractivity contribution in [2.45, 2.75) is 44.8 Å². The monoisotopic (exact) mass is 265 g/mol. The second-order valence-electron chi connectivity index (χ2n) is 5.80. The SMILES string of the molecule is CCNC1CC2(CC(C)C2)Oc2ccc(Cl)cc21. The highest BCUT2D eigenvalue weighted by Crippen LogP contribution is 2.51. The summed E-state index contributed by atoms with van der Waals surface area (Å²) in [7, 11) is 0. The van der Waals surface area contributed by atoms with Crippen LogP contribution in [0.5, 0.6) is 5.75 Å². The molecule has 0 saturated heterocycles. The van der Waals surface area contributed by atoms with Crippen molar-refractivity contribution in [3.8, 4) is 5.75 Å². The van der Waals surface area contributed by atoms with E-state index in [0.717, 1.165) is 29.7 Å². The fourth-order valence-corrected chi connectivity index (χ4v) is 3.71. The van der Waals surface area contributed by atoms with Gasteiger partial charge in [0.15, 0.2) is 0 Å². The summed E-state index contributed by atoms with van der Waals surface area (Å²) in [5.74, 6) is 1.81. The van der Waals surface area contributed by atoms with Crippen LogP contribution in [-0.2, 0) is 0 Å². The molecule has 0 aromatic heterocycles.